The number of hydrogen-bond donors (Lipinski definition) is 2. The molecule has 4 nitrogen and oxygen atoms in total. The van der Waals surface area contributed by atoms with E-state index in [4.69, 9.17) is 10.5 Å². The van der Waals surface area contributed by atoms with Crippen molar-refractivity contribution in [1.29, 1.82) is 0 Å². The molecule has 1 atom stereocenters. The number of nitrogens with two attached hydrogens (primary N) is 1. The van der Waals surface area contributed by atoms with Gasteiger partial charge in [0.15, 0.2) is 0 Å². The minimum absolute atomic E-state index is 0.0801. The van der Waals surface area contributed by atoms with Gasteiger partial charge in [-0.1, -0.05) is 39.0 Å². The van der Waals surface area contributed by atoms with Crippen LogP contribution in [0.3, 0.4) is 0 Å². The van der Waals surface area contributed by atoms with E-state index in [2.05, 4.69) is 32.2 Å². The minimum Gasteiger partial charge on any atom is -0.496 e. The molecule has 1 aromatic carbocycles. The number of rotatable bonds is 9. The van der Waals surface area contributed by atoms with Crippen LogP contribution in [-0.4, -0.2) is 25.1 Å². The summed E-state index contributed by atoms with van der Waals surface area (Å²) in [6.45, 7) is 6.70. The molecule has 1 unspecified atom stereocenters. The second kappa shape index (κ2) is 8.79. The summed E-state index contributed by atoms with van der Waals surface area (Å²) in [4.78, 5) is 12.3. The molecule has 0 spiro atoms. The third-order valence-corrected chi connectivity index (χ3v) is 4.44. The van der Waals surface area contributed by atoms with Gasteiger partial charge in [0.25, 0.3) is 0 Å². The minimum atomic E-state index is -0.263. The third-order valence-electron chi connectivity index (χ3n) is 4.44. The van der Waals surface area contributed by atoms with Crippen molar-refractivity contribution in [1.82, 2.24) is 5.32 Å². The van der Waals surface area contributed by atoms with Gasteiger partial charge in [-0.05, 0) is 36.8 Å². The molecule has 1 amide bonds. The van der Waals surface area contributed by atoms with E-state index in [0.717, 1.165) is 30.6 Å². The molecule has 0 aromatic heterocycles. The third kappa shape index (κ3) is 5.02. The molecule has 3 N–H and O–H groups in total. The summed E-state index contributed by atoms with van der Waals surface area (Å²) in [5.41, 5.74) is 6.72. The van der Waals surface area contributed by atoms with Gasteiger partial charge in [0, 0.05) is 13.0 Å². The Hall–Kier alpha value is -1.55. The maximum atomic E-state index is 12.3. The van der Waals surface area contributed by atoms with Crippen molar-refractivity contribution < 1.29 is 9.53 Å². The molecule has 0 aliphatic rings. The normalized spacial score (nSPS) is 12.8. The summed E-state index contributed by atoms with van der Waals surface area (Å²) in [6, 6.07) is 7.96. The standard InChI is InChI=1S/C18H30N2O2/c1-5-18(6-2,13-19)20-17(21)12-14(3)11-15-9-7-8-10-16(15)22-4/h7-10,14H,5-6,11-13,19H2,1-4H3,(H,20,21). The summed E-state index contributed by atoms with van der Waals surface area (Å²) < 4.78 is 5.37. The van der Waals surface area contributed by atoms with Crippen LogP contribution in [0, 0.1) is 5.92 Å². The molecular formula is C18H30N2O2. The quantitative estimate of drug-likeness (QED) is 0.737. The van der Waals surface area contributed by atoms with Gasteiger partial charge in [0.1, 0.15) is 5.75 Å². The first-order valence-electron chi connectivity index (χ1n) is 8.13. The molecule has 1 rings (SSSR count). The second-order valence-electron chi connectivity index (χ2n) is 6.07. The molecule has 0 aliphatic heterocycles. The summed E-state index contributed by atoms with van der Waals surface area (Å²) in [5, 5.41) is 3.13. The number of carbonyl (C=O) groups is 1. The van der Waals surface area contributed by atoms with Crippen molar-refractivity contribution in [2.24, 2.45) is 11.7 Å². The van der Waals surface area contributed by atoms with E-state index in [-0.39, 0.29) is 17.4 Å². The first kappa shape index (κ1) is 18.5. The lowest BCUT2D eigenvalue weighted by molar-refractivity contribution is -0.123. The number of hydrogen-bond acceptors (Lipinski definition) is 3. The highest BCUT2D eigenvalue weighted by Gasteiger charge is 2.26. The fourth-order valence-electron chi connectivity index (χ4n) is 2.75. The van der Waals surface area contributed by atoms with Crippen molar-refractivity contribution in [2.45, 2.75) is 52.0 Å². The van der Waals surface area contributed by atoms with E-state index in [1.165, 1.54) is 0 Å². The molecule has 0 fully saturated rings. The molecule has 1 aromatic rings. The number of para-hydroxylation sites is 1. The van der Waals surface area contributed by atoms with Crippen LogP contribution in [0.15, 0.2) is 24.3 Å². The monoisotopic (exact) mass is 306 g/mol. The number of amides is 1. The fourth-order valence-corrected chi connectivity index (χ4v) is 2.75. The molecule has 0 heterocycles. The van der Waals surface area contributed by atoms with Gasteiger partial charge in [-0.3, -0.25) is 4.79 Å². The summed E-state index contributed by atoms with van der Waals surface area (Å²) >= 11 is 0. The van der Waals surface area contributed by atoms with Crippen LogP contribution in [-0.2, 0) is 11.2 Å². The van der Waals surface area contributed by atoms with Gasteiger partial charge >= 0.3 is 0 Å². The summed E-state index contributed by atoms with van der Waals surface area (Å²) in [6.07, 6.45) is 3.03. The van der Waals surface area contributed by atoms with Crippen molar-refractivity contribution in [3.8, 4) is 5.75 Å². The molecule has 0 radical (unpaired) electrons. The SMILES string of the molecule is CCC(CC)(CN)NC(=O)CC(C)Cc1ccccc1OC. The smallest absolute Gasteiger partial charge is 0.220 e. The Kier molecular flexibility index (Phi) is 7.39. The van der Waals surface area contributed by atoms with Crippen molar-refractivity contribution >= 4 is 5.91 Å². The molecule has 0 aliphatic carbocycles. The Balaban J connectivity index is 2.61. The first-order valence-corrected chi connectivity index (χ1v) is 8.13. The fraction of sp³-hybridized carbons (Fsp3) is 0.611. The number of nitrogens with one attached hydrogen (secondary N) is 1. The van der Waals surface area contributed by atoms with Gasteiger partial charge in [-0.2, -0.15) is 0 Å². The molecule has 4 heteroatoms. The largest absolute Gasteiger partial charge is 0.496 e. The molecule has 0 bridgehead atoms. The maximum absolute atomic E-state index is 12.3. The first-order chi connectivity index (χ1) is 10.5. The Morgan fingerprint density at radius 3 is 2.50 bits per heavy atom. The van der Waals surface area contributed by atoms with Crippen LogP contribution in [0.5, 0.6) is 5.75 Å². The highest BCUT2D eigenvalue weighted by Crippen LogP contribution is 2.22. The van der Waals surface area contributed by atoms with E-state index in [0.29, 0.717) is 13.0 Å². The molecule has 0 saturated carbocycles. The van der Waals surface area contributed by atoms with Gasteiger partial charge in [-0.15, -0.1) is 0 Å². The van der Waals surface area contributed by atoms with Crippen LogP contribution in [0.4, 0.5) is 0 Å². The number of benzene rings is 1. The predicted molar refractivity (Wildman–Crippen MR) is 91.0 cm³/mol. The Morgan fingerprint density at radius 1 is 1.32 bits per heavy atom. The van der Waals surface area contributed by atoms with Gasteiger partial charge in [0.05, 0.1) is 12.6 Å². The highest BCUT2D eigenvalue weighted by atomic mass is 16.5. The van der Waals surface area contributed by atoms with E-state index in [9.17, 15) is 4.79 Å². The number of ether oxygens (including phenoxy) is 1. The topological polar surface area (TPSA) is 64.3 Å². The predicted octanol–water partition coefficient (Wildman–Crippen LogP) is 2.90. The van der Waals surface area contributed by atoms with E-state index >= 15 is 0 Å². The lowest BCUT2D eigenvalue weighted by atomic mass is 9.91. The Bertz CT molecular complexity index is 462. The highest BCUT2D eigenvalue weighted by molar-refractivity contribution is 5.77. The van der Waals surface area contributed by atoms with E-state index in [1.807, 2.05) is 18.2 Å². The van der Waals surface area contributed by atoms with Gasteiger partial charge in [0.2, 0.25) is 5.91 Å². The Morgan fingerprint density at radius 2 is 1.95 bits per heavy atom. The van der Waals surface area contributed by atoms with Gasteiger partial charge < -0.3 is 15.8 Å². The summed E-state index contributed by atoms with van der Waals surface area (Å²) in [7, 11) is 1.67. The van der Waals surface area contributed by atoms with E-state index in [1.54, 1.807) is 7.11 Å². The Labute approximate surface area is 134 Å². The summed E-state index contributed by atoms with van der Waals surface area (Å²) in [5.74, 6) is 1.21. The van der Waals surface area contributed by atoms with Crippen LogP contribution >= 0.6 is 0 Å². The van der Waals surface area contributed by atoms with Crippen LogP contribution in [0.1, 0.15) is 45.6 Å². The lowest BCUT2D eigenvalue weighted by Crippen LogP contribution is -2.53. The van der Waals surface area contributed by atoms with Crippen molar-refractivity contribution in [3.63, 3.8) is 0 Å². The molecular weight excluding hydrogens is 276 g/mol. The van der Waals surface area contributed by atoms with Crippen LogP contribution in [0.2, 0.25) is 0 Å². The number of methoxy groups -OCH3 is 1. The lowest BCUT2D eigenvalue weighted by Gasteiger charge is -2.32. The van der Waals surface area contributed by atoms with E-state index < -0.39 is 0 Å². The second-order valence-corrected chi connectivity index (χ2v) is 6.07. The zero-order valence-corrected chi connectivity index (χ0v) is 14.3. The maximum Gasteiger partial charge on any atom is 0.220 e. The van der Waals surface area contributed by atoms with Crippen molar-refractivity contribution in [3.05, 3.63) is 29.8 Å². The molecule has 0 saturated heterocycles. The zero-order chi connectivity index (χ0) is 16.6. The zero-order valence-electron chi connectivity index (χ0n) is 14.3. The number of carbonyl (C=O) groups excluding carboxylic acids is 1. The molecule has 124 valence electrons. The average molecular weight is 306 g/mol. The van der Waals surface area contributed by atoms with Crippen molar-refractivity contribution in [2.75, 3.05) is 13.7 Å². The molecule has 22 heavy (non-hydrogen) atoms. The van der Waals surface area contributed by atoms with Gasteiger partial charge in [-0.25, -0.2) is 0 Å². The van der Waals surface area contributed by atoms with Crippen LogP contribution in [0.25, 0.3) is 0 Å². The average Bonchev–Trinajstić information content (AvgIpc) is 2.53. The van der Waals surface area contributed by atoms with Crippen LogP contribution < -0.4 is 15.8 Å².